The van der Waals surface area contributed by atoms with E-state index in [1.165, 1.54) is 0 Å². The first-order valence-corrected chi connectivity index (χ1v) is 5.79. The Balaban J connectivity index is 2.76. The van der Waals surface area contributed by atoms with Gasteiger partial charge in [0.2, 0.25) is 0 Å². The summed E-state index contributed by atoms with van der Waals surface area (Å²) in [6.07, 6.45) is 0. The molecule has 0 radical (unpaired) electrons. The van der Waals surface area contributed by atoms with Gasteiger partial charge in [-0.2, -0.15) is 0 Å². The fourth-order valence-corrected chi connectivity index (χ4v) is 1.46. The molecule has 3 N–H and O–H groups in total. The summed E-state index contributed by atoms with van der Waals surface area (Å²) < 4.78 is 0. The average molecular weight is 237 g/mol. The summed E-state index contributed by atoms with van der Waals surface area (Å²) in [5.41, 5.74) is 5.84. The third kappa shape index (κ3) is 3.67. The van der Waals surface area contributed by atoms with E-state index in [1.54, 1.807) is 12.1 Å². The molecule has 94 valence electrons. The number of aromatic nitrogens is 2. The summed E-state index contributed by atoms with van der Waals surface area (Å²) in [6, 6.07) is 3.46. The van der Waals surface area contributed by atoms with Gasteiger partial charge in [0.1, 0.15) is 0 Å². The van der Waals surface area contributed by atoms with Gasteiger partial charge in [0.05, 0.1) is 0 Å². The van der Waals surface area contributed by atoms with Crippen LogP contribution in [0.1, 0.15) is 24.3 Å². The summed E-state index contributed by atoms with van der Waals surface area (Å²) in [7, 11) is 0. The quantitative estimate of drug-likeness (QED) is 0.728. The van der Waals surface area contributed by atoms with Gasteiger partial charge in [0.25, 0.3) is 5.91 Å². The number of likely N-dealkylation sites (N-methyl/N-ethyl adjacent to an activating group) is 1. The molecule has 1 amide bonds. The molecule has 0 unspecified atom stereocenters. The van der Waals surface area contributed by atoms with Crippen molar-refractivity contribution in [2.45, 2.75) is 13.8 Å². The molecule has 1 aromatic heterocycles. The van der Waals surface area contributed by atoms with Gasteiger partial charge >= 0.3 is 0 Å². The second kappa shape index (κ2) is 6.80. The lowest BCUT2D eigenvalue weighted by atomic mass is 10.3. The minimum Gasteiger partial charge on any atom is -0.354 e. The van der Waals surface area contributed by atoms with Gasteiger partial charge in [-0.25, -0.2) is 0 Å². The van der Waals surface area contributed by atoms with Crippen molar-refractivity contribution in [3.8, 4) is 0 Å². The van der Waals surface area contributed by atoms with Crippen LogP contribution < -0.4 is 16.0 Å². The molecule has 0 fully saturated rings. The summed E-state index contributed by atoms with van der Waals surface area (Å²) in [5, 5.41) is 10.6. The van der Waals surface area contributed by atoms with Crippen LogP contribution in [0.4, 0.5) is 5.82 Å². The van der Waals surface area contributed by atoms with Crippen LogP contribution in [0.25, 0.3) is 0 Å². The first kappa shape index (κ1) is 13.4. The van der Waals surface area contributed by atoms with E-state index >= 15 is 0 Å². The predicted molar refractivity (Wildman–Crippen MR) is 67.0 cm³/mol. The smallest absolute Gasteiger partial charge is 0.271 e. The Bertz CT molecular complexity index is 351. The van der Waals surface area contributed by atoms with Crippen LogP contribution in [0.2, 0.25) is 0 Å². The normalized spacial score (nSPS) is 10.1. The van der Waals surface area contributed by atoms with Gasteiger partial charge in [-0.3, -0.25) is 4.79 Å². The van der Waals surface area contributed by atoms with Crippen molar-refractivity contribution in [2.75, 3.05) is 31.1 Å². The summed E-state index contributed by atoms with van der Waals surface area (Å²) in [4.78, 5) is 13.5. The van der Waals surface area contributed by atoms with Gasteiger partial charge in [-0.15, -0.1) is 10.2 Å². The maximum atomic E-state index is 11.5. The van der Waals surface area contributed by atoms with Crippen molar-refractivity contribution in [2.24, 2.45) is 5.73 Å². The van der Waals surface area contributed by atoms with Gasteiger partial charge in [-0.05, 0) is 26.0 Å². The lowest BCUT2D eigenvalue weighted by Gasteiger charge is -2.20. The molecule has 0 atom stereocenters. The summed E-state index contributed by atoms with van der Waals surface area (Å²) in [6.45, 7) is 6.57. The Labute approximate surface area is 101 Å². The zero-order valence-electron chi connectivity index (χ0n) is 10.3. The lowest BCUT2D eigenvalue weighted by Crippen LogP contribution is -2.30. The van der Waals surface area contributed by atoms with Crippen molar-refractivity contribution < 1.29 is 4.79 Å². The lowest BCUT2D eigenvalue weighted by molar-refractivity contribution is 0.0950. The third-order valence-corrected chi connectivity index (χ3v) is 2.33. The molecule has 0 aliphatic carbocycles. The van der Waals surface area contributed by atoms with Crippen molar-refractivity contribution >= 4 is 11.7 Å². The molecular weight excluding hydrogens is 218 g/mol. The first-order valence-electron chi connectivity index (χ1n) is 5.79. The van der Waals surface area contributed by atoms with Crippen molar-refractivity contribution in [3.63, 3.8) is 0 Å². The van der Waals surface area contributed by atoms with E-state index in [4.69, 9.17) is 5.73 Å². The number of carbonyl (C=O) groups is 1. The summed E-state index contributed by atoms with van der Waals surface area (Å²) >= 11 is 0. The highest BCUT2D eigenvalue weighted by Crippen LogP contribution is 2.08. The maximum Gasteiger partial charge on any atom is 0.271 e. The number of nitrogens with two attached hydrogens (primary N) is 1. The predicted octanol–water partition coefficient (Wildman–Crippen LogP) is 0.0113. The Morgan fingerprint density at radius 3 is 2.65 bits per heavy atom. The molecule has 6 heteroatoms. The minimum absolute atomic E-state index is 0.201. The molecule has 0 spiro atoms. The standard InChI is InChI=1S/C11H19N5O/c1-3-13-11(17)9-5-6-10(15-14-9)16(4-2)8-7-12/h5-6H,3-4,7-8,12H2,1-2H3,(H,13,17). The maximum absolute atomic E-state index is 11.5. The van der Waals surface area contributed by atoms with Crippen LogP contribution in [-0.2, 0) is 0 Å². The molecule has 1 rings (SSSR count). The molecule has 17 heavy (non-hydrogen) atoms. The van der Waals surface area contributed by atoms with E-state index in [2.05, 4.69) is 15.5 Å². The Morgan fingerprint density at radius 2 is 2.18 bits per heavy atom. The molecule has 1 heterocycles. The molecule has 0 saturated heterocycles. The Hall–Kier alpha value is -1.69. The number of carbonyl (C=O) groups excluding carboxylic acids is 1. The highest BCUT2D eigenvalue weighted by atomic mass is 16.1. The number of nitrogens with zero attached hydrogens (tertiary/aromatic N) is 3. The molecule has 0 saturated carbocycles. The zero-order chi connectivity index (χ0) is 12.7. The number of hydrogen-bond acceptors (Lipinski definition) is 5. The van der Waals surface area contributed by atoms with E-state index in [9.17, 15) is 4.79 Å². The van der Waals surface area contributed by atoms with Crippen LogP contribution in [0.5, 0.6) is 0 Å². The molecule has 6 nitrogen and oxygen atoms in total. The van der Waals surface area contributed by atoms with E-state index < -0.39 is 0 Å². The number of hydrogen-bond donors (Lipinski definition) is 2. The van der Waals surface area contributed by atoms with Gasteiger partial charge < -0.3 is 16.0 Å². The van der Waals surface area contributed by atoms with Gasteiger partial charge in [0, 0.05) is 26.2 Å². The van der Waals surface area contributed by atoms with Crippen molar-refractivity contribution in [1.82, 2.24) is 15.5 Å². The largest absolute Gasteiger partial charge is 0.354 e. The zero-order valence-corrected chi connectivity index (χ0v) is 10.3. The number of anilines is 1. The topological polar surface area (TPSA) is 84.1 Å². The fourth-order valence-electron chi connectivity index (χ4n) is 1.46. The SMILES string of the molecule is CCNC(=O)c1ccc(N(CC)CCN)nn1. The van der Waals surface area contributed by atoms with Crippen LogP contribution in [-0.4, -0.2) is 42.3 Å². The van der Waals surface area contributed by atoms with E-state index in [-0.39, 0.29) is 5.91 Å². The number of nitrogens with one attached hydrogen (secondary N) is 1. The molecular formula is C11H19N5O. The third-order valence-electron chi connectivity index (χ3n) is 2.33. The van der Waals surface area contributed by atoms with E-state index in [1.807, 2.05) is 18.7 Å². The van der Waals surface area contributed by atoms with Gasteiger partial charge in [-0.1, -0.05) is 0 Å². The summed E-state index contributed by atoms with van der Waals surface area (Å²) in [5.74, 6) is 0.541. The number of rotatable bonds is 6. The minimum atomic E-state index is -0.201. The molecule has 0 aromatic carbocycles. The van der Waals surface area contributed by atoms with Crippen LogP contribution in [0.15, 0.2) is 12.1 Å². The van der Waals surface area contributed by atoms with Crippen LogP contribution >= 0.6 is 0 Å². The van der Waals surface area contributed by atoms with Crippen molar-refractivity contribution in [1.29, 1.82) is 0 Å². The van der Waals surface area contributed by atoms with Crippen LogP contribution in [0, 0.1) is 0 Å². The highest BCUT2D eigenvalue weighted by molar-refractivity contribution is 5.92. The molecule has 0 aliphatic rings. The fraction of sp³-hybridized carbons (Fsp3) is 0.545. The first-order chi connectivity index (χ1) is 8.22. The molecule has 1 aromatic rings. The second-order valence-corrected chi connectivity index (χ2v) is 3.50. The molecule has 0 aliphatic heterocycles. The Morgan fingerprint density at radius 1 is 1.41 bits per heavy atom. The molecule has 0 bridgehead atoms. The van der Waals surface area contributed by atoms with Gasteiger partial charge in [0.15, 0.2) is 11.5 Å². The van der Waals surface area contributed by atoms with E-state index in [0.717, 1.165) is 18.9 Å². The highest BCUT2D eigenvalue weighted by Gasteiger charge is 2.09. The van der Waals surface area contributed by atoms with E-state index in [0.29, 0.717) is 18.8 Å². The van der Waals surface area contributed by atoms with Crippen LogP contribution in [0.3, 0.4) is 0 Å². The monoisotopic (exact) mass is 237 g/mol. The average Bonchev–Trinajstić information content (AvgIpc) is 2.36. The number of amides is 1. The Kier molecular flexibility index (Phi) is 5.35. The van der Waals surface area contributed by atoms with Crippen molar-refractivity contribution in [3.05, 3.63) is 17.8 Å². The second-order valence-electron chi connectivity index (χ2n) is 3.50.